The molecule has 4 nitrogen and oxygen atoms in total. The lowest BCUT2D eigenvalue weighted by molar-refractivity contribution is -0.123. The van der Waals surface area contributed by atoms with Crippen molar-refractivity contribution in [2.45, 2.75) is 39.0 Å². The average molecular weight is 354 g/mol. The quantitative estimate of drug-likeness (QED) is 0.628. The van der Waals surface area contributed by atoms with Gasteiger partial charge < -0.3 is 10.2 Å². The van der Waals surface area contributed by atoms with Crippen LogP contribution in [0.3, 0.4) is 0 Å². The largest absolute Gasteiger partial charge is 0.354 e. The highest BCUT2D eigenvalue weighted by Crippen LogP contribution is 2.24. The van der Waals surface area contributed by atoms with Crippen LogP contribution in [-0.2, 0) is 9.59 Å². The van der Waals surface area contributed by atoms with Gasteiger partial charge in [-0.2, -0.15) is 0 Å². The van der Waals surface area contributed by atoms with E-state index < -0.39 is 41.5 Å². The molecule has 0 unspecified atom stereocenters. The molecule has 0 saturated carbocycles. The SMILES string of the molecule is CC(=O)N(CC(=O)NCCC1=CCCCC1)c1ccc(F)c(F)c1F. The summed E-state index contributed by atoms with van der Waals surface area (Å²) in [5.74, 6) is -5.65. The van der Waals surface area contributed by atoms with Gasteiger partial charge in [0.05, 0.1) is 5.69 Å². The van der Waals surface area contributed by atoms with E-state index in [1.807, 2.05) is 0 Å². The van der Waals surface area contributed by atoms with Gasteiger partial charge in [-0.3, -0.25) is 9.59 Å². The molecule has 0 heterocycles. The predicted octanol–water partition coefficient (Wildman–Crippen LogP) is 3.46. The van der Waals surface area contributed by atoms with Crippen molar-refractivity contribution >= 4 is 17.5 Å². The lowest BCUT2D eigenvalue weighted by Gasteiger charge is -2.21. The normalized spacial score (nSPS) is 14.0. The van der Waals surface area contributed by atoms with Crippen LogP contribution in [0.4, 0.5) is 18.9 Å². The summed E-state index contributed by atoms with van der Waals surface area (Å²) in [6, 6.07) is 1.66. The van der Waals surface area contributed by atoms with Crippen LogP contribution >= 0.6 is 0 Å². The summed E-state index contributed by atoms with van der Waals surface area (Å²) in [6.07, 6.45) is 7.31. The zero-order valence-electron chi connectivity index (χ0n) is 14.1. The van der Waals surface area contributed by atoms with E-state index in [-0.39, 0.29) is 0 Å². The van der Waals surface area contributed by atoms with E-state index in [1.54, 1.807) is 0 Å². The highest BCUT2D eigenvalue weighted by Gasteiger charge is 2.23. The van der Waals surface area contributed by atoms with E-state index in [4.69, 9.17) is 0 Å². The first-order valence-corrected chi connectivity index (χ1v) is 8.26. The van der Waals surface area contributed by atoms with E-state index >= 15 is 0 Å². The van der Waals surface area contributed by atoms with Gasteiger partial charge in [0.1, 0.15) is 6.54 Å². The average Bonchev–Trinajstić information content (AvgIpc) is 2.59. The van der Waals surface area contributed by atoms with Crippen LogP contribution in [0.1, 0.15) is 39.0 Å². The van der Waals surface area contributed by atoms with E-state index in [1.165, 1.54) is 12.0 Å². The molecule has 0 spiro atoms. The number of amides is 2. The fourth-order valence-electron chi connectivity index (χ4n) is 2.78. The van der Waals surface area contributed by atoms with Crippen LogP contribution in [0.25, 0.3) is 0 Å². The summed E-state index contributed by atoms with van der Waals surface area (Å²) >= 11 is 0. The van der Waals surface area contributed by atoms with Gasteiger partial charge in [-0.05, 0) is 44.2 Å². The molecule has 136 valence electrons. The van der Waals surface area contributed by atoms with Crippen LogP contribution in [0.5, 0.6) is 0 Å². The molecule has 1 aliphatic carbocycles. The fraction of sp³-hybridized carbons (Fsp3) is 0.444. The Morgan fingerprint density at radius 2 is 1.92 bits per heavy atom. The third-order valence-electron chi connectivity index (χ3n) is 4.14. The Bertz CT molecular complexity index is 689. The van der Waals surface area contributed by atoms with Gasteiger partial charge in [0.2, 0.25) is 11.8 Å². The van der Waals surface area contributed by atoms with Gasteiger partial charge in [-0.15, -0.1) is 0 Å². The first-order chi connectivity index (χ1) is 11.9. The maximum Gasteiger partial charge on any atom is 0.240 e. The van der Waals surface area contributed by atoms with Crippen LogP contribution in [0.15, 0.2) is 23.8 Å². The third kappa shape index (κ3) is 5.08. The lowest BCUT2D eigenvalue weighted by atomic mass is 9.97. The Hall–Kier alpha value is -2.31. The molecule has 25 heavy (non-hydrogen) atoms. The number of anilines is 1. The van der Waals surface area contributed by atoms with Crippen LogP contribution in [-0.4, -0.2) is 24.9 Å². The minimum atomic E-state index is -1.67. The minimum Gasteiger partial charge on any atom is -0.354 e. The Morgan fingerprint density at radius 3 is 2.56 bits per heavy atom. The highest BCUT2D eigenvalue weighted by atomic mass is 19.2. The molecule has 0 aliphatic heterocycles. The summed E-state index contributed by atoms with van der Waals surface area (Å²) in [6.45, 7) is 1.08. The van der Waals surface area contributed by atoms with Crippen LogP contribution < -0.4 is 10.2 Å². The maximum atomic E-state index is 13.9. The molecule has 0 fully saturated rings. The number of carbonyl (C=O) groups is 2. The second kappa shape index (κ2) is 8.69. The topological polar surface area (TPSA) is 49.4 Å². The predicted molar refractivity (Wildman–Crippen MR) is 88.5 cm³/mol. The van der Waals surface area contributed by atoms with Crippen molar-refractivity contribution in [1.82, 2.24) is 5.32 Å². The number of nitrogens with one attached hydrogen (secondary N) is 1. The number of benzene rings is 1. The molecule has 0 radical (unpaired) electrons. The number of hydrogen-bond acceptors (Lipinski definition) is 2. The second-order valence-electron chi connectivity index (χ2n) is 6.01. The molecular formula is C18H21F3N2O2. The van der Waals surface area contributed by atoms with Gasteiger partial charge in [0.15, 0.2) is 17.5 Å². The van der Waals surface area contributed by atoms with Gasteiger partial charge in [-0.25, -0.2) is 13.2 Å². The van der Waals surface area contributed by atoms with Crippen molar-refractivity contribution in [1.29, 1.82) is 0 Å². The molecule has 0 atom stereocenters. The van der Waals surface area contributed by atoms with E-state index in [0.29, 0.717) is 6.54 Å². The Balaban J connectivity index is 1.97. The van der Waals surface area contributed by atoms with E-state index in [0.717, 1.165) is 49.6 Å². The Morgan fingerprint density at radius 1 is 1.16 bits per heavy atom. The van der Waals surface area contributed by atoms with Crippen molar-refractivity contribution in [3.63, 3.8) is 0 Å². The minimum absolute atomic E-state index is 0.413. The molecular weight excluding hydrogens is 333 g/mol. The number of nitrogens with zero attached hydrogens (tertiary/aromatic N) is 1. The van der Waals surface area contributed by atoms with E-state index in [9.17, 15) is 22.8 Å². The zero-order chi connectivity index (χ0) is 18.4. The molecule has 1 aliphatic rings. The van der Waals surface area contributed by atoms with Crippen molar-refractivity contribution in [3.8, 4) is 0 Å². The molecule has 7 heteroatoms. The summed E-state index contributed by atoms with van der Waals surface area (Å²) in [5.41, 5.74) is 0.832. The lowest BCUT2D eigenvalue weighted by Crippen LogP contribution is -2.40. The number of rotatable bonds is 6. The van der Waals surface area contributed by atoms with Crippen LogP contribution in [0, 0.1) is 17.5 Å². The summed E-state index contributed by atoms with van der Waals surface area (Å²) in [7, 11) is 0. The summed E-state index contributed by atoms with van der Waals surface area (Å²) < 4.78 is 40.3. The van der Waals surface area contributed by atoms with Crippen molar-refractivity contribution in [2.24, 2.45) is 0 Å². The monoisotopic (exact) mass is 354 g/mol. The first-order valence-electron chi connectivity index (χ1n) is 8.26. The second-order valence-corrected chi connectivity index (χ2v) is 6.01. The zero-order valence-corrected chi connectivity index (χ0v) is 14.1. The van der Waals surface area contributed by atoms with Crippen LogP contribution in [0.2, 0.25) is 0 Å². The Kier molecular flexibility index (Phi) is 6.61. The molecule has 1 N–H and O–H groups in total. The number of carbonyl (C=O) groups excluding carboxylic acids is 2. The van der Waals surface area contributed by atoms with Crippen molar-refractivity contribution in [3.05, 3.63) is 41.2 Å². The first kappa shape index (κ1) is 19.0. The molecule has 2 amide bonds. The van der Waals surface area contributed by atoms with Gasteiger partial charge in [0.25, 0.3) is 0 Å². The molecule has 1 aromatic carbocycles. The van der Waals surface area contributed by atoms with Gasteiger partial charge in [-0.1, -0.05) is 11.6 Å². The summed E-state index contributed by atoms with van der Waals surface area (Å²) in [5, 5.41) is 2.67. The molecule has 1 aromatic rings. The van der Waals surface area contributed by atoms with E-state index in [2.05, 4.69) is 11.4 Å². The molecule has 0 saturated heterocycles. The fourth-order valence-corrected chi connectivity index (χ4v) is 2.78. The van der Waals surface area contributed by atoms with Gasteiger partial charge >= 0.3 is 0 Å². The molecule has 0 bridgehead atoms. The standard InChI is InChI=1S/C18H21F3N2O2/c1-12(24)23(15-8-7-14(19)17(20)18(15)21)11-16(25)22-10-9-13-5-3-2-4-6-13/h5,7-8H,2-4,6,9-11H2,1H3,(H,22,25). The van der Waals surface area contributed by atoms with Crippen molar-refractivity contribution in [2.75, 3.05) is 18.0 Å². The highest BCUT2D eigenvalue weighted by molar-refractivity contribution is 5.97. The number of halogens is 3. The Labute approximate surface area is 144 Å². The maximum absolute atomic E-state index is 13.9. The van der Waals surface area contributed by atoms with Crippen molar-refractivity contribution < 1.29 is 22.8 Å². The van der Waals surface area contributed by atoms with Gasteiger partial charge in [0, 0.05) is 13.5 Å². The smallest absolute Gasteiger partial charge is 0.240 e. The number of hydrogen-bond donors (Lipinski definition) is 1. The third-order valence-corrected chi connectivity index (χ3v) is 4.14. The number of allylic oxidation sites excluding steroid dienone is 1. The summed E-state index contributed by atoms with van der Waals surface area (Å²) in [4.78, 5) is 24.5. The molecule has 0 aromatic heterocycles. The molecule has 2 rings (SSSR count).